The van der Waals surface area contributed by atoms with Gasteiger partial charge in [0.2, 0.25) is 0 Å². The van der Waals surface area contributed by atoms with Crippen LogP contribution in [-0.4, -0.2) is 37.0 Å². The van der Waals surface area contributed by atoms with Gasteiger partial charge in [0.15, 0.2) is 11.5 Å². The Balaban J connectivity index is 2.39. The molecular formula is C13H16N2O4. The van der Waals surface area contributed by atoms with Crippen LogP contribution >= 0.6 is 0 Å². The van der Waals surface area contributed by atoms with Gasteiger partial charge in [-0.1, -0.05) is 0 Å². The van der Waals surface area contributed by atoms with E-state index in [0.29, 0.717) is 23.8 Å². The SMILES string of the molecule is CCOC(=O)Cc1[nH]nc2cc(OC)c(OC)cc12. The van der Waals surface area contributed by atoms with E-state index in [2.05, 4.69) is 10.2 Å². The summed E-state index contributed by atoms with van der Waals surface area (Å²) in [6.45, 7) is 2.14. The summed E-state index contributed by atoms with van der Waals surface area (Å²) in [4.78, 5) is 11.5. The number of rotatable bonds is 5. The third kappa shape index (κ3) is 2.62. The highest BCUT2D eigenvalue weighted by molar-refractivity contribution is 5.88. The summed E-state index contributed by atoms with van der Waals surface area (Å²) in [6.07, 6.45) is 0.153. The number of nitrogens with zero attached hydrogens (tertiary/aromatic N) is 1. The molecule has 0 unspecified atom stereocenters. The van der Waals surface area contributed by atoms with Crippen molar-refractivity contribution in [3.63, 3.8) is 0 Å². The number of hydrogen-bond acceptors (Lipinski definition) is 5. The predicted octanol–water partition coefficient (Wildman–Crippen LogP) is 1.69. The minimum atomic E-state index is -0.289. The molecule has 1 heterocycles. The molecule has 0 spiro atoms. The quantitative estimate of drug-likeness (QED) is 0.832. The summed E-state index contributed by atoms with van der Waals surface area (Å²) in [5.41, 5.74) is 1.42. The number of ether oxygens (including phenoxy) is 3. The highest BCUT2D eigenvalue weighted by Crippen LogP contribution is 2.32. The molecule has 1 aromatic carbocycles. The second kappa shape index (κ2) is 5.60. The fourth-order valence-corrected chi connectivity index (χ4v) is 1.88. The molecular weight excluding hydrogens is 248 g/mol. The van der Waals surface area contributed by atoms with Crippen LogP contribution in [0, 0.1) is 0 Å². The first-order valence-electron chi connectivity index (χ1n) is 5.94. The van der Waals surface area contributed by atoms with Crippen molar-refractivity contribution >= 4 is 16.9 Å². The van der Waals surface area contributed by atoms with Gasteiger partial charge in [0.25, 0.3) is 0 Å². The molecule has 0 aliphatic heterocycles. The molecule has 1 N–H and O–H groups in total. The molecule has 2 aromatic rings. The van der Waals surface area contributed by atoms with Gasteiger partial charge in [0.1, 0.15) is 0 Å². The van der Waals surface area contributed by atoms with Crippen molar-refractivity contribution in [1.29, 1.82) is 0 Å². The van der Waals surface area contributed by atoms with E-state index >= 15 is 0 Å². The Morgan fingerprint density at radius 1 is 1.26 bits per heavy atom. The zero-order valence-electron chi connectivity index (χ0n) is 11.1. The van der Waals surface area contributed by atoms with Crippen LogP contribution in [0.2, 0.25) is 0 Å². The van der Waals surface area contributed by atoms with Crippen molar-refractivity contribution < 1.29 is 19.0 Å². The molecule has 0 aliphatic carbocycles. The van der Waals surface area contributed by atoms with Gasteiger partial charge in [0.05, 0.1) is 38.5 Å². The monoisotopic (exact) mass is 264 g/mol. The molecule has 0 amide bonds. The van der Waals surface area contributed by atoms with E-state index in [0.717, 1.165) is 10.9 Å². The Hall–Kier alpha value is -2.24. The molecule has 0 bridgehead atoms. The number of H-pyrrole nitrogens is 1. The van der Waals surface area contributed by atoms with Gasteiger partial charge < -0.3 is 14.2 Å². The Labute approximate surface area is 110 Å². The van der Waals surface area contributed by atoms with Crippen molar-refractivity contribution in [3.8, 4) is 11.5 Å². The van der Waals surface area contributed by atoms with Gasteiger partial charge in [-0.25, -0.2) is 0 Å². The van der Waals surface area contributed by atoms with Crippen LogP contribution < -0.4 is 9.47 Å². The lowest BCUT2D eigenvalue weighted by molar-refractivity contribution is -0.142. The highest BCUT2D eigenvalue weighted by atomic mass is 16.5. The van der Waals surface area contributed by atoms with Crippen molar-refractivity contribution in [2.24, 2.45) is 0 Å². The first kappa shape index (κ1) is 13.2. The van der Waals surface area contributed by atoms with E-state index in [1.165, 1.54) is 0 Å². The number of esters is 1. The van der Waals surface area contributed by atoms with E-state index in [1.807, 2.05) is 0 Å². The third-order valence-electron chi connectivity index (χ3n) is 2.76. The number of nitrogens with one attached hydrogen (secondary N) is 1. The molecule has 0 aliphatic rings. The largest absolute Gasteiger partial charge is 0.493 e. The smallest absolute Gasteiger partial charge is 0.311 e. The fraction of sp³-hybridized carbons (Fsp3) is 0.385. The fourth-order valence-electron chi connectivity index (χ4n) is 1.88. The second-order valence-corrected chi connectivity index (χ2v) is 3.91. The summed E-state index contributed by atoms with van der Waals surface area (Å²) in [5, 5.41) is 7.82. The maximum Gasteiger partial charge on any atom is 0.311 e. The van der Waals surface area contributed by atoms with Crippen molar-refractivity contribution in [2.45, 2.75) is 13.3 Å². The number of benzene rings is 1. The summed E-state index contributed by atoms with van der Waals surface area (Å²) >= 11 is 0. The van der Waals surface area contributed by atoms with E-state index in [9.17, 15) is 4.79 Å². The molecule has 102 valence electrons. The van der Waals surface area contributed by atoms with E-state index in [4.69, 9.17) is 14.2 Å². The maximum atomic E-state index is 11.5. The summed E-state index contributed by atoms with van der Waals surface area (Å²) in [7, 11) is 3.13. The van der Waals surface area contributed by atoms with Crippen LogP contribution in [0.3, 0.4) is 0 Å². The molecule has 0 saturated heterocycles. The summed E-state index contributed by atoms with van der Waals surface area (Å²) in [5.74, 6) is 0.911. The van der Waals surface area contributed by atoms with Crippen molar-refractivity contribution in [2.75, 3.05) is 20.8 Å². The average Bonchev–Trinajstić information content (AvgIpc) is 2.79. The minimum Gasteiger partial charge on any atom is -0.493 e. The van der Waals surface area contributed by atoms with Crippen LogP contribution in [0.1, 0.15) is 12.6 Å². The number of hydrogen-bond donors (Lipinski definition) is 1. The highest BCUT2D eigenvalue weighted by Gasteiger charge is 2.14. The average molecular weight is 264 g/mol. The molecule has 0 radical (unpaired) electrons. The van der Waals surface area contributed by atoms with Gasteiger partial charge in [-0.3, -0.25) is 9.89 Å². The lowest BCUT2D eigenvalue weighted by atomic mass is 10.1. The summed E-state index contributed by atoms with van der Waals surface area (Å²) < 4.78 is 15.4. The van der Waals surface area contributed by atoms with Crippen LogP contribution in [0.15, 0.2) is 12.1 Å². The Bertz CT molecular complexity index is 592. The lowest BCUT2D eigenvalue weighted by Gasteiger charge is -2.07. The Kier molecular flexibility index (Phi) is 3.89. The first-order valence-corrected chi connectivity index (χ1v) is 5.94. The van der Waals surface area contributed by atoms with E-state index < -0.39 is 0 Å². The van der Waals surface area contributed by atoms with Gasteiger partial charge in [-0.05, 0) is 13.0 Å². The zero-order chi connectivity index (χ0) is 13.8. The number of aromatic amines is 1. The number of carbonyl (C=O) groups excluding carboxylic acids is 1. The van der Waals surface area contributed by atoms with Crippen LogP contribution in [0.25, 0.3) is 10.9 Å². The van der Waals surface area contributed by atoms with E-state index in [-0.39, 0.29) is 12.4 Å². The van der Waals surface area contributed by atoms with Crippen molar-refractivity contribution in [3.05, 3.63) is 17.8 Å². The van der Waals surface area contributed by atoms with Crippen LogP contribution in [0.4, 0.5) is 0 Å². The molecule has 0 saturated carbocycles. The van der Waals surface area contributed by atoms with E-state index in [1.54, 1.807) is 33.3 Å². The van der Waals surface area contributed by atoms with Gasteiger partial charge in [-0.15, -0.1) is 0 Å². The van der Waals surface area contributed by atoms with Crippen LogP contribution in [-0.2, 0) is 16.0 Å². The Morgan fingerprint density at radius 2 is 1.95 bits per heavy atom. The number of methoxy groups -OCH3 is 2. The van der Waals surface area contributed by atoms with Gasteiger partial charge in [-0.2, -0.15) is 5.10 Å². The number of fused-ring (bicyclic) bond motifs is 1. The third-order valence-corrected chi connectivity index (χ3v) is 2.76. The minimum absolute atomic E-state index is 0.153. The van der Waals surface area contributed by atoms with Gasteiger partial charge >= 0.3 is 5.97 Å². The molecule has 6 nitrogen and oxygen atoms in total. The Morgan fingerprint density at radius 3 is 2.58 bits per heavy atom. The molecule has 1 aromatic heterocycles. The summed E-state index contributed by atoms with van der Waals surface area (Å²) in [6, 6.07) is 3.56. The second-order valence-electron chi connectivity index (χ2n) is 3.91. The molecule has 2 rings (SSSR count). The van der Waals surface area contributed by atoms with Gasteiger partial charge in [0, 0.05) is 11.5 Å². The first-order chi connectivity index (χ1) is 9.19. The number of aromatic nitrogens is 2. The molecule has 0 atom stereocenters. The number of carbonyl (C=O) groups is 1. The zero-order valence-corrected chi connectivity index (χ0v) is 11.1. The molecule has 0 fully saturated rings. The van der Waals surface area contributed by atoms with Crippen LogP contribution in [0.5, 0.6) is 11.5 Å². The molecule has 19 heavy (non-hydrogen) atoms. The lowest BCUT2D eigenvalue weighted by Crippen LogP contribution is -2.07. The topological polar surface area (TPSA) is 73.4 Å². The molecule has 6 heteroatoms. The standard InChI is InChI=1S/C13H16N2O4/c1-4-19-13(16)7-10-8-5-11(17-2)12(18-3)6-9(8)14-15-10/h5-6H,4,7H2,1-3H3,(H,14,15). The normalized spacial score (nSPS) is 10.5. The maximum absolute atomic E-state index is 11.5. The predicted molar refractivity (Wildman–Crippen MR) is 69.5 cm³/mol. The van der Waals surface area contributed by atoms with Crippen molar-refractivity contribution in [1.82, 2.24) is 10.2 Å².